The number of hydrogen-bond acceptors (Lipinski definition) is 4. The summed E-state index contributed by atoms with van der Waals surface area (Å²) in [6.07, 6.45) is 1.76. The van der Waals surface area contributed by atoms with Crippen molar-refractivity contribution in [3.63, 3.8) is 0 Å². The smallest absolute Gasteiger partial charge is 0.268 e. The molecule has 2 heterocycles. The number of carbonyl (C=O) groups is 2. The van der Waals surface area contributed by atoms with E-state index in [1.807, 2.05) is 18.4 Å². The molecule has 0 radical (unpaired) electrons. The zero-order chi connectivity index (χ0) is 15.7. The summed E-state index contributed by atoms with van der Waals surface area (Å²) in [7, 11) is 0. The number of amides is 2. The van der Waals surface area contributed by atoms with Crippen LogP contribution in [-0.4, -0.2) is 16.0 Å². The summed E-state index contributed by atoms with van der Waals surface area (Å²) < 4.78 is 12.9. The third-order valence-electron chi connectivity index (χ3n) is 3.29. The Kier molecular flexibility index (Phi) is 4.13. The zero-order valence-electron chi connectivity index (χ0n) is 11.7. The molecule has 2 aromatic rings. The third kappa shape index (κ3) is 2.98. The lowest BCUT2D eigenvalue weighted by molar-refractivity contribution is -0.123. The van der Waals surface area contributed by atoms with Gasteiger partial charge in [0.1, 0.15) is 5.82 Å². The molecule has 1 saturated heterocycles. The van der Waals surface area contributed by atoms with Gasteiger partial charge in [0.05, 0.1) is 11.4 Å². The minimum absolute atomic E-state index is 0.158. The van der Waals surface area contributed by atoms with Crippen molar-refractivity contribution in [2.45, 2.75) is 13.5 Å². The quantitative estimate of drug-likeness (QED) is 0.780. The van der Waals surface area contributed by atoms with Crippen molar-refractivity contribution in [1.82, 2.24) is 4.90 Å². The Hall–Kier alpha value is -1.92. The van der Waals surface area contributed by atoms with Crippen molar-refractivity contribution >= 4 is 40.3 Å². The molecule has 22 heavy (non-hydrogen) atoms. The molecule has 2 amide bonds. The van der Waals surface area contributed by atoms with Crippen LogP contribution in [0.3, 0.4) is 0 Å². The molecule has 6 heteroatoms. The Morgan fingerprint density at radius 1 is 1.18 bits per heavy atom. The van der Waals surface area contributed by atoms with Crippen molar-refractivity contribution in [3.8, 4) is 0 Å². The maximum Gasteiger partial charge on any atom is 0.293 e. The SMILES string of the molecule is Cc1ccsc1/C=C1/SC(=O)N(Cc2ccc(F)cc2)C1=O. The molecule has 0 spiro atoms. The van der Waals surface area contributed by atoms with Crippen LogP contribution in [0, 0.1) is 12.7 Å². The first-order chi connectivity index (χ1) is 10.5. The van der Waals surface area contributed by atoms with Crippen molar-refractivity contribution < 1.29 is 14.0 Å². The molecule has 0 aliphatic carbocycles. The molecule has 0 unspecified atom stereocenters. The van der Waals surface area contributed by atoms with Gasteiger partial charge in [-0.05, 0) is 59.5 Å². The molecule has 1 aromatic heterocycles. The van der Waals surface area contributed by atoms with E-state index < -0.39 is 0 Å². The van der Waals surface area contributed by atoms with Gasteiger partial charge >= 0.3 is 0 Å². The fourth-order valence-corrected chi connectivity index (χ4v) is 3.81. The molecule has 0 bridgehead atoms. The highest BCUT2D eigenvalue weighted by atomic mass is 32.2. The molecule has 0 N–H and O–H groups in total. The summed E-state index contributed by atoms with van der Waals surface area (Å²) in [6.45, 7) is 2.12. The van der Waals surface area contributed by atoms with Gasteiger partial charge in [-0.25, -0.2) is 4.39 Å². The van der Waals surface area contributed by atoms with Crippen molar-refractivity contribution in [2.75, 3.05) is 0 Å². The van der Waals surface area contributed by atoms with E-state index in [1.165, 1.54) is 28.4 Å². The van der Waals surface area contributed by atoms with Crippen LogP contribution in [0.1, 0.15) is 16.0 Å². The summed E-state index contributed by atoms with van der Waals surface area (Å²) in [5.74, 6) is -0.641. The highest BCUT2D eigenvalue weighted by Crippen LogP contribution is 2.34. The summed E-state index contributed by atoms with van der Waals surface area (Å²) in [5, 5.41) is 1.65. The highest BCUT2D eigenvalue weighted by Gasteiger charge is 2.35. The van der Waals surface area contributed by atoms with E-state index in [9.17, 15) is 14.0 Å². The van der Waals surface area contributed by atoms with E-state index in [1.54, 1.807) is 18.2 Å². The molecular weight excluding hydrogens is 321 g/mol. The van der Waals surface area contributed by atoms with Gasteiger partial charge in [-0.2, -0.15) is 0 Å². The second-order valence-corrected chi connectivity index (χ2v) is 6.80. The third-order valence-corrected chi connectivity index (χ3v) is 5.16. The Morgan fingerprint density at radius 3 is 2.55 bits per heavy atom. The lowest BCUT2D eigenvalue weighted by atomic mass is 10.2. The number of benzene rings is 1. The van der Waals surface area contributed by atoms with Gasteiger partial charge in [0.15, 0.2) is 0 Å². The number of nitrogens with zero attached hydrogens (tertiary/aromatic N) is 1. The van der Waals surface area contributed by atoms with Crippen LogP contribution in [0.4, 0.5) is 9.18 Å². The number of halogens is 1. The molecule has 1 aliphatic heterocycles. The number of imide groups is 1. The molecule has 1 fully saturated rings. The van der Waals surface area contributed by atoms with E-state index in [2.05, 4.69) is 0 Å². The first-order valence-electron chi connectivity index (χ1n) is 6.58. The Labute approximate surface area is 135 Å². The zero-order valence-corrected chi connectivity index (χ0v) is 13.3. The van der Waals surface area contributed by atoms with Gasteiger partial charge in [0, 0.05) is 4.88 Å². The normalized spacial score (nSPS) is 16.8. The summed E-state index contributed by atoms with van der Waals surface area (Å²) >= 11 is 2.48. The second-order valence-electron chi connectivity index (χ2n) is 4.86. The van der Waals surface area contributed by atoms with Crippen molar-refractivity contribution in [1.29, 1.82) is 0 Å². The van der Waals surface area contributed by atoms with Crippen LogP contribution < -0.4 is 0 Å². The molecule has 1 aromatic carbocycles. The number of thioether (sulfide) groups is 1. The minimum atomic E-state index is -0.342. The van der Waals surface area contributed by atoms with E-state index in [4.69, 9.17) is 0 Å². The molecule has 3 rings (SSSR count). The molecule has 3 nitrogen and oxygen atoms in total. The summed E-state index contributed by atoms with van der Waals surface area (Å²) in [5.41, 5.74) is 1.80. The van der Waals surface area contributed by atoms with E-state index in [0.29, 0.717) is 4.91 Å². The van der Waals surface area contributed by atoms with E-state index in [0.717, 1.165) is 27.8 Å². The number of carbonyl (C=O) groups excluding carboxylic acids is 2. The molecule has 0 atom stereocenters. The van der Waals surface area contributed by atoms with Crippen LogP contribution in [-0.2, 0) is 11.3 Å². The Balaban J connectivity index is 1.81. The number of rotatable bonds is 3. The topological polar surface area (TPSA) is 37.4 Å². The van der Waals surface area contributed by atoms with Gasteiger partial charge in [-0.1, -0.05) is 12.1 Å². The molecule has 0 saturated carbocycles. The van der Waals surface area contributed by atoms with Gasteiger partial charge in [0.2, 0.25) is 0 Å². The lowest BCUT2D eigenvalue weighted by Gasteiger charge is -2.12. The first kappa shape index (κ1) is 15.0. The van der Waals surface area contributed by atoms with Crippen molar-refractivity contribution in [2.24, 2.45) is 0 Å². The van der Waals surface area contributed by atoms with Gasteiger partial charge in [0.25, 0.3) is 11.1 Å². The van der Waals surface area contributed by atoms with Gasteiger partial charge < -0.3 is 0 Å². The van der Waals surface area contributed by atoms with E-state index in [-0.39, 0.29) is 23.5 Å². The number of thiophene rings is 1. The summed E-state index contributed by atoms with van der Waals surface area (Å²) in [6, 6.07) is 7.76. The maximum atomic E-state index is 12.9. The average Bonchev–Trinajstić information content (AvgIpc) is 3.00. The number of hydrogen-bond donors (Lipinski definition) is 0. The Bertz CT molecular complexity index is 765. The van der Waals surface area contributed by atoms with E-state index >= 15 is 0 Å². The standard InChI is InChI=1S/C16H12FNO2S2/c1-10-6-7-21-13(10)8-14-15(19)18(16(20)22-14)9-11-2-4-12(17)5-3-11/h2-8H,9H2,1H3/b14-8+. The van der Waals surface area contributed by atoms with Crippen molar-refractivity contribution in [3.05, 3.63) is 62.4 Å². The molecule has 1 aliphatic rings. The fourth-order valence-electron chi connectivity index (χ4n) is 2.06. The summed E-state index contributed by atoms with van der Waals surface area (Å²) in [4.78, 5) is 27.0. The molecular formula is C16H12FNO2S2. The van der Waals surface area contributed by atoms with Crippen LogP contribution in [0.15, 0.2) is 40.6 Å². The predicted octanol–water partition coefficient (Wildman–Crippen LogP) is 4.43. The van der Waals surface area contributed by atoms with Crippen LogP contribution in [0.2, 0.25) is 0 Å². The fraction of sp³-hybridized carbons (Fsp3) is 0.125. The number of aryl methyl sites for hydroxylation is 1. The second kappa shape index (κ2) is 6.06. The minimum Gasteiger partial charge on any atom is -0.268 e. The predicted molar refractivity (Wildman–Crippen MR) is 87.0 cm³/mol. The lowest BCUT2D eigenvalue weighted by Crippen LogP contribution is -2.27. The highest BCUT2D eigenvalue weighted by molar-refractivity contribution is 8.18. The van der Waals surface area contributed by atoms with Crippen LogP contribution >= 0.6 is 23.1 Å². The first-order valence-corrected chi connectivity index (χ1v) is 8.28. The van der Waals surface area contributed by atoms with Crippen LogP contribution in [0.5, 0.6) is 0 Å². The monoisotopic (exact) mass is 333 g/mol. The average molecular weight is 333 g/mol. The molecule has 112 valence electrons. The van der Waals surface area contributed by atoms with Crippen LogP contribution in [0.25, 0.3) is 6.08 Å². The van der Waals surface area contributed by atoms with Gasteiger partial charge in [-0.15, -0.1) is 11.3 Å². The Morgan fingerprint density at radius 2 is 1.91 bits per heavy atom. The largest absolute Gasteiger partial charge is 0.293 e. The maximum absolute atomic E-state index is 12.9. The van der Waals surface area contributed by atoms with Gasteiger partial charge in [-0.3, -0.25) is 14.5 Å².